The topological polar surface area (TPSA) is 80.2 Å². The number of ether oxygens (including phenoxy) is 1. The molecule has 1 N–H and O–H groups in total. The van der Waals surface area contributed by atoms with E-state index in [2.05, 4.69) is 31.5 Å². The summed E-state index contributed by atoms with van der Waals surface area (Å²) in [6.45, 7) is 4.10. The maximum absolute atomic E-state index is 12.2. The molecule has 0 saturated carbocycles. The number of nitrogens with zero attached hydrogens (tertiary/aromatic N) is 4. The highest BCUT2D eigenvalue weighted by Crippen LogP contribution is 2.33. The van der Waals surface area contributed by atoms with Crippen molar-refractivity contribution in [1.82, 2.24) is 25.4 Å². The zero-order valence-corrected chi connectivity index (χ0v) is 13.9. The van der Waals surface area contributed by atoms with Gasteiger partial charge < -0.3 is 10.1 Å². The lowest BCUT2D eigenvalue weighted by molar-refractivity contribution is 0.0902. The number of carbonyl (C=O) groups is 1. The first-order valence-corrected chi connectivity index (χ1v) is 8.58. The van der Waals surface area contributed by atoms with Crippen molar-refractivity contribution in [3.8, 4) is 0 Å². The van der Waals surface area contributed by atoms with Crippen molar-refractivity contribution in [3.63, 3.8) is 0 Å². The SMILES string of the molecule is O=C(NC[C@@H]1CO[C@@H]2CN(Cc3ccccn3)C[C@H]12)c1ccnnc1. The largest absolute Gasteiger partial charge is 0.376 e. The van der Waals surface area contributed by atoms with Gasteiger partial charge in [-0.15, -0.1) is 0 Å². The van der Waals surface area contributed by atoms with E-state index < -0.39 is 0 Å². The van der Waals surface area contributed by atoms with Gasteiger partial charge in [0.25, 0.3) is 5.91 Å². The maximum atomic E-state index is 12.2. The van der Waals surface area contributed by atoms with Gasteiger partial charge >= 0.3 is 0 Å². The molecule has 7 heteroatoms. The zero-order chi connectivity index (χ0) is 17.1. The third-order valence-electron chi connectivity index (χ3n) is 5.00. The molecule has 0 aliphatic carbocycles. The smallest absolute Gasteiger partial charge is 0.252 e. The van der Waals surface area contributed by atoms with Crippen LogP contribution in [0.25, 0.3) is 0 Å². The molecule has 130 valence electrons. The van der Waals surface area contributed by atoms with Crippen molar-refractivity contribution in [2.75, 3.05) is 26.2 Å². The van der Waals surface area contributed by atoms with Crippen LogP contribution >= 0.6 is 0 Å². The van der Waals surface area contributed by atoms with E-state index in [0.29, 0.717) is 30.6 Å². The summed E-state index contributed by atoms with van der Waals surface area (Å²) in [6, 6.07) is 7.67. The molecular formula is C18H21N5O2. The monoisotopic (exact) mass is 339 g/mol. The molecule has 2 saturated heterocycles. The van der Waals surface area contributed by atoms with Crippen LogP contribution in [0.2, 0.25) is 0 Å². The molecule has 0 aromatic carbocycles. The van der Waals surface area contributed by atoms with Gasteiger partial charge in [0.1, 0.15) is 0 Å². The Labute approximate surface area is 146 Å². The molecule has 0 unspecified atom stereocenters. The van der Waals surface area contributed by atoms with Crippen molar-refractivity contribution < 1.29 is 9.53 Å². The number of amides is 1. The van der Waals surface area contributed by atoms with E-state index in [9.17, 15) is 4.79 Å². The lowest BCUT2D eigenvalue weighted by atomic mass is 9.93. The first-order valence-electron chi connectivity index (χ1n) is 8.58. The summed E-state index contributed by atoms with van der Waals surface area (Å²) in [4.78, 5) is 18.9. The Hall–Kier alpha value is -2.38. The van der Waals surface area contributed by atoms with E-state index in [0.717, 1.165) is 25.3 Å². The summed E-state index contributed by atoms with van der Waals surface area (Å²) >= 11 is 0. The van der Waals surface area contributed by atoms with Crippen LogP contribution in [-0.2, 0) is 11.3 Å². The van der Waals surface area contributed by atoms with Crippen LogP contribution < -0.4 is 5.32 Å². The quantitative estimate of drug-likeness (QED) is 0.866. The van der Waals surface area contributed by atoms with Crippen molar-refractivity contribution in [3.05, 3.63) is 54.1 Å². The van der Waals surface area contributed by atoms with Crippen LogP contribution in [0.1, 0.15) is 16.1 Å². The second-order valence-corrected chi connectivity index (χ2v) is 6.65. The molecule has 0 spiro atoms. The Bertz CT molecular complexity index is 712. The normalized spacial score (nSPS) is 25.7. The van der Waals surface area contributed by atoms with Gasteiger partial charge in [0, 0.05) is 44.2 Å². The zero-order valence-electron chi connectivity index (χ0n) is 13.9. The van der Waals surface area contributed by atoms with Gasteiger partial charge in [-0.1, -0.05) is 6.07 Å². The van der Waals surface area contributed by atoms with Gasteiger partial charge in [-0.05, 0) is 18.2 Å². The van der Waals surface area contributed by atoms with Gasteiger partial charge in [-0.3, -0.25) is 14.7 Å². The minimum absolute atomic E-state index is 0.110. The highest BCUT2D eigenvalue weighted by Gasteiger charge is 2.43. The van der Waals surface area contributed by atoms with Crippen LogP contribution in [0.15, 0.2) is 42.9 Å². The van der Waals surface area contributed by atoms with Gasteiger partial charge in [0.15, 0.2) is 0 Å². The van der Waals surface area contributed by atoms with Crippen molar-refractivity contribution in [2.45, 2.75) is 12.6 Å². The summed E-state index contributed by atoms with van der Waals surface area (Å²) in [7, 11) is 0. The standard InChI is InChI=1S/C18H21N5O2/c24-18(13-4-6-21-22-8-13)20-7-14-12-25-17-11-23(10-16(14)17)9-15-3-1-2-5-19-15/h1-6,8,14,16-17H,7,9-12H2,(H,20,24)/t14-,16-,17-/m1/s1. The molecule has 7 nitrogen and oxygen atoms in total. The molecule has 4 heterocycles. The number of pyridine rings is 1. The molecule has 4 rings (SSSR count). The lowest BCUT2D eigenvalue weighted by Gasteiger charge is -2.19. The summed E-state index contributed by atoms with van der Waals surface area (Å²) in [5.41, 5.74) is 1.62. The summed E-state index contributed by atoms with van der Waals surface area (Å²) in [6.07, 6.45) is 5.09. The van der Waals surface area contributed by atoms with Gasteiger partial charge in [0.05, 0.1) is 36.4 Å². The number of hydrogen-bond donors (Lipinski definition) is 1. The molecule has 25 heavy (non-hydrogen) atoms. The molecule has 0 radical (unpaired) electrons. The molecule has 2 aliphatic heterocycles. The fourth-order valence-corrected chi connectivity index (χ4v) is 3.69. The first-order chi connectivity index (χ1) is 12.3. The number of fused-ring (bicyclic) bond motifs is 1. The Morgan fingerprint density at radius 3 is 3.00 bits per heavy atom. The van der Waals surface area contributed by atoms with Gasteiger partial charge in [0.2, 0.25) is 0 Å². The maximum Gasteiger partial charge on any atom is 0.252 e. The second-order valence-electron chi connectivity index (χ2n) is 6.65. The fraction of sp³-hybridized carbons (Fsp3) is 0.444. The number of hydrogen-bond acceptors (Lipinski definition) is 6. The Morgan fingerprint density at radius 2 is 2.20 bits per heavy atom. The van der Waals surface area contributed by atoms with Crippen LogP contribution in [-0.4, -0.2) is 58.3 Å². The van der Waals surface area contributed by atoms with Gasteiger partial charge in [-0.2, -0.15) is 10.2 Å². The Morgan fingerprint density at radius 1 is 1.24 bits per heavy atom. The summed E-state index contributed by atoms with van der Waals surface area (Å²) in [5, 5.41) is 10.4. The molecule has 0 bridgehead atoms. The average molecular weight is 339 g/mol. The number of likely N-dealkylation sites (tertiary alicyclic amines) is 1. The molecule has 2 aromatic rings. The molecule has 1 amide bonds. The van der Waals surface area contributed by atoms with Crippen LogP contribution in [0.3, 0.4) is 0 Å². The third kappa shape index (κ3) is 3.67. The number of rotatable bonds is 5. The first kappa shape index (κ1) is 16.1. The van der Waals surface area contributed by atoms with E-state index in [1.807, 2.05) is 18.3 Å². The fourth-order valence-electron chi connectivity index (χ4n) is 3.69. The van der Waals surface area contributed by atoms with Crippen LogP contribution in [0.5, 0.6) is 0 Å². The molecule has 2 fully saturated rings. The van der Waals surface area contributed by atoms with Crippen molar-refractivity contribution >= 4 is 5.91 Å². The van der Waals surface area contributed by atoms with E-state index in [1.54, 1.807) is 6.07 Å². The summed E-state index contributed by atoms with van der Waals surface area (Å²) < 4.78 is 5.96. The highest BCUT2D eigenvalue weighted by molar-refractivity contribution is 5.93. The van der Waals surface area contributed by atoms with Crippen LogP contribution in [0, 0.1) is 11.8 Å². The molecule has 2 aromatic heterocycles. The van der Waals surface area contributed by atoms with E-state index >= 15 is 0 Å². The third-order valence-corrected chi connectivity index (χ3v) is 5.00. The average Bonchev–Trinajstić information content (AvgIpc) is 3.22. The van der Waals surface area contributed by atoms with Crippen LogP contribution in [0.4, 0.5) is 0 Å². The minimum Gasteiger partial charge on any atom is -0.376 e. The predicted molar refractivity (Wildman–Crippen MR) is 90.6 cm³/mol. The van der Waals surface area contributed by atoms with E-state index in [-0.39, 0.29) is 12.0 Å². The number of aromatic nitrogens is 3. The second kappa shape index (κ2) is 7.25. The van der Waals surface area contributed by atoms with Crippen molar-refractivity contribution in [1.29, 1.82) is 0 Å². The lowest BCUT2D eigenvalue weighted by Crippen LogP contribution is -2.34. The van der Waals surface area contributed by atoms with E-state index in [1.165, 1.54) is 12.4 Å². The Balaban J connectivity index is 1.30. The summed E-state index contributed by atoms with van der Waals surface area (Å²) in [5.74, 6) is 0.693. The molecule has 2 aliphatic rings. The Kier molecular flexibility index (Phi) is 4.67. The molecular weight excluding hydrogens is 318 g/mol. The van der Waals surface area contributed by atoms with Crippen molar-refractivity contribution in [2.24, 2.45) is 11.8 Å². The molecule has 3 atom stereocenters. The minimum atomic E-state index is -0.110. The number of nitrogens with one attached hydrogen (secondary N) is 1. The number of carbonyl (C=O) groups excluding carboxylic acids is 1. The predicted octanol–water partition coefficient (Wildman–Crippen LogP) is 0.748. The highest BCUT2D eigenvalue weighted by atomic mass is 16.5. The van der Waals surface area contributed by atoms with Gasteiger partial charge in [-0.25, -0.2) is 0 Å². The van der Waals surface area contributed by atoms with E-state index in [4.69, 9.17) is 4.74 Å².